The first-order valence-corrected chi connectivity index (χ1v) is 9.91. The monoisotopic (exact) mass is 366 g/mol. The van der Waals surface area contributed by atoms with Crippen LogP contribution >= 0.6 is 11.3 Å². The standard InChI is InChI=1S/C20H22N4OS/c25-20(16-6-3-5-15(13-16)14-24-12-4-10-22-24)21-11-9-19-23-17-7-1-2-8-18(17)26-19/h3-6,10,12-13H,1-2,7-9,11,14H2,(H,21,25). The van der Waals surface area contributed by atoms with Gasteiger partial charge in [0.2, 0.25) is 0 Å². The fraction of sp³-hybridized carbons (Fsp3) is 0.350. The molecule has 1 aromatic carbocycles. The molecule has 1 aliphatic rings. The SMILES string of the molecule is O=C(NCCc1nc2c(s1)CCCC2)c1cccc(Cn2cccn2)c1. The summed E-state index contributed by atoms with van der Waals surface area (Å²) in [4.78, 5) is 18.6. The second-order valence-electron chi connectivity index (χ2n) is 6.59. The first kappa shape index (κ1) is 17.0. The molecule has 0 bridgehead atoms. The van der Waals surface area contributed by atoms with Gasteiger partial charge in [-0.1, -0.05) is 12.1 Å². The number of aryl methyl sites for hydroxylation is 2. The summed E-state index contributed by atoms with van der Waals surface area (Å²) in [5.74, 6) is -0.0337. The van der Waals surface area contributed by atoms with E-state index in [0.717, 1.165) is 23.4 Å². The van der Waals surface area contributed by atoms with E-state index in [4.69, 9.17) is 4.98 Å². The van der Waals surface area contributed by atoms with Crippen molar-refractivity contribution in [2.45, 2.75) is 38.6 Å². The second kappa shape index (κ2) is 7.83. The average Bonchev–Trinajstić information content (AvgIpc) is 3.31. The summed E-state index contributed by atoms with van der Waals surface area (Å²) in [6.45, 7) is 1.29. The fourth-order valence-electron chi connectivity index (χ4n) is 3.29. The van der Waals surface area contributed by atoms with Gasteiger partial charge < -0.3 is 5.32 Å². The quantitative estimate of drug-likeness (QED) is 0.729. The largest absolute Gasteiger partial charge is 0.352 e. The summed E-state index contributed by atoms with van der Waals surface area (Å²) in [6.07, 6.45) is 9.29. The van der Waals surface area contributed by atoms with Crippen LogP contribution in [0.25, 0.3) is 0 Å². The first-order valence-electron chi connectivity index (χ1n) is 9.10. The molecule has 1 aliphatic carbocycles. The Bertz CT molecular complexity index is 862. The number of nitrogens with zero attached hydrogens (tertiary/aromatic N) is 3. The van der Waals surface area contributed by atoms with Crippen LogP contribution in [-0.4, -0.2) is 27.2 Å². The molecule has 0 radical (unpaired) electrons. The number of hydrogen-bond acceptors (Lipinski definition) is 4. The highest BCUT2D eigenvalue weighted by Gasteiger charge is 2.15. The van der Waals surface area contributed by atoms with Crippen LogP contribution in [0.15, 0.2) is 42.7 Å². The molecule has 0 atom stereocenters. The van der Waals surface area contributed by atoms with E-state index in [1.54, 1.807) is 6.20 Å². The number of rotatable bonds is 6. The maximum absolute atomic E-state index is 12.4. The van der Waals surface area contributed by atoms with Crippen LogP contribution in [0.1, 0.15) is 44.3 Å². The van der Waals surface area contributed by atoms with Crippen molar-refractivity contribution >= 4 is 17.2 Å². The van der Waals surface area contributed by atoms with E-state index >= 15 is 0 Å². The maximum atomic E-state index is 12.4. The molecule has 4 rings (SSSR count). The van der Waals surface area contributed by atoms with Crippen LogP contribution < -0.4 is 5.32 Å². The molecule has 3 aromatic rings. The minimum absolute atomic E-state index is 0.0337. The molecule has 0 spiro atoms. The Morgan fingerprint density at radius 3 is 3.00 bits per heavy atom. The van der Waals surface area contributed by atoms with Gasteiger partial charge in [0.15, 0.2) is 0 Å². The van der Waals surface area contributed by atoms with Crippen molar-refractivity contribution in [2.75, 3.05) is 6.54 Å². The molecular weight excluding hydrogens is 344 g/mol. The van der Waals surface area contributed by atoms with Crippen molar-refractivity contribution in [3.05, 3.63) is 69.4 Å². The molecule has 5 nitrogen and oxygen atoms in total. The molecule has 1 amide bonds. The number of hydrogen-bond donors (Lipinski definition) is 1. The minimum Gasteiger partial charge on any atom is -0.352 e. The highest BCUT2D eigenvalue weighted by Crippen LogP contribution is 2.26. The molecule has 134 valence electrons. The zero-order valence-electron chi connectivity index (χ0n) is 14.6. The van der Waals surface area contributed by atoms with Gasteiger partial charge in [-0.15, -0.1) is 11.3 Å². The molecule has 0 saturated carbocycles. The van der Waals surface area contributed by atoms with E-state index in [1.807, 2.05) is 52.5 Å². The first-order chi connectivity index (χ1) is 12.8. The molecule has 6 heteroatoms. The van der Waals surface area contributed by atoms with Crippen LogP contribution in [-0.2, 0) is 25.8 Å². The average molecular weight is 366 g/mol. The minimum atomic E-state index is -0.0337. The molecule has 0 fully saturated rings. The molecule has 1 N–H and O–H groups in total. The van der Waals surface area contributed by atoms with Crippen molar-refractivity contribution in [1.82, 2.24) is 20.1 Å². The number of nitrogens with one attached hydrogen (secondary N) is 1. The van der Waals surface area contributed by atoms with Gasteiger partial charge in [-0.2, -0.15) is 5.10 Å². The van der Waals surface area contributed by atoms with Crippen molar-refractivity contribution in [2.24, 2.45) is 0 Å². The van der Waals surface area contributed by atoms with Crippen LogP contribution in [0.2, 0.25) is 0 Å². The summed E-state index contributed by atoms with van der Waals surface area (Å²) >= 11 is 1.82. The number of aromatic nitrogens is 3. The summed E-state index contributed by atoms with van der Waals surface area (Å²) in [7, 11) is 0. The molecule has 0 unspecified atom stereocenters. The predicted molar refractivity (Wildman–Crippen MR) is 103 cm³/mol. The lowest BCUT2D eigenvalue weighted by atomic mass is 10.0. The van der Waals surface area contributed by atoms with Gasteiger partial charge in [-0.05, 0) is 49.4 Å². The van der Waals surface area contributed by atoms with Gasteiger partial charge in [0.1, 0.15) is 0 Å². The number of thiazole rings is 1. The summed E-state index contributed by atoms with van der Waals surface area (Å²) < 4.78 is 1.85. The normalized spacial score (nSPS) is 13.4. The number of amides is 1. The van der Waals surface area contributed by atoms with Gasteiger partial charge in [-0.25, -0.2) is 4.98 Å². The van der Waals surface area contributed by atoms with Crippen molar-refractivity contribution in [3.8, 4) is 0 Å². The van der Waals surface area contributed by atoms with E-state index < -0.39 is 0 Å². The van der Waals surface area contributed by atoms with E-state index in [1.165, 1.54) is 29.8 Å². The molecule has 0 aliphatic heterocycles. The van der Waals surface area contributed by atoms with E-state index in [2.05, 4.69) is 10.4 Å². The lowest BCUT2D eigenvalue weighted by molar-refractivity contribution is 0.0954. The smallest absolute Gasteiger partial charge is 0.251 e. The zero-order valence-corrected chi connectivity index (χ0v) is 15.5. The van der Waals surface area contributed by atoms with E-state index in [0.29, 0.717) is 18.7 Å². The van der Waals surface area contributed by atoms with Gasteiger partial charge in [0, 0.05) is 35.8 Å². The summed E-state index contributed by atoms with van der Waals surface area (Å²) in [5.41, 5.74) is 3.04. The Labute approximate surface area is 157 Å². The van der Waals surface area contributed by atoms with E-state index in [9.17, 15) is 4.79 Å². The maximum Gasteiger partial charge on any atom is 0.251 e. The summed E-state index contributed by atoms with van der Waals surface area (Å²) in [5, 5.41) is 8.37. The Balaban J connectivity index is 1.32. The van der Waals surface area contributed by atoms with Gasteiger partial charge in [0.25, 0.3) is 5.91 Å². The molecule has 2 heterocycles. The summed E-state index contributed by atoms with van der Waals surface area (Å²) in [6, 6.07) is 9.61. The molecular formula is C20H22N4OS. The van der Waals surface area contributed by atoms with Crippen LogP contribution in [0.5, 0.6) is 0 Å². The van der Waals surface area contributed by atoms with Gasteiger partial charge in [0.05, 0.1) is 17.2 Å². The lowest BCUT2D eigenvalue weighted by Gasteiger charge is -2.07. The number of carbonyl (C=O) groups excluding carboxylic acids is 1. The van der Waals surface area contributed by atoms with Crippen molar-refractivity contribution in [1.29, 1.82) is 0 Å². The molecule has 26 heavy (non-hydrogen) atoms. The van der Waals surface area contributed by atoms with Crippen molar-refractivity contribution in [3.63, 3.8) is 0 Å². The van der Waals surface area contributed by atoms with Gasteiger partial charge >= 0.3 is 0 Å². The third kappa shape index (κ3) is 4.02. The highest BCUT2D eigenvalue weighted by atomic mass is 32.1. The third-order valence-electron chi connectivity index (χ3n) is 4.61. The lowest BCUT2D eigenvalue weighted by Crippen LogP contribution is -2.25. The third-order valence-corrected chi connectivity index (χ3v) is 5.82. The molecule has 0 saturated heterocycles. The predicted octanol–water partition coefficient (Wildman–Crippen LogP) is 3.24. The van der Waals surface area contributed by atoms with Crippen LogP contribution in [0.4, 0.5) is 0 Å². The fourth-order valence-corrected chi connectivity index (χ4v) is 4.45. The van der Waals surface area contributed by atoms with Gasteiger partial charge in [-0.3, -0.25) is 9.48 Å². The Morgan fingerprint density at radius 1 is 1.23 bits per heavy atom. The topological polar surface area (TPSA) is 59.8 Å². The Hall–Kier alpha value is -2.47. The van der Waals surface area contributed by atoms with Crippen LogP contribution in [0, 0.1) is 0 Å². The van der Waals surface area contributed by atoms with E-state index in [-0.39, 0.29) is 5.91 Å². The second-order valence-corrected chi connectivity index (χ2v) is 7.76. The van der Waals surface area contributed by atoms with Crippen LogP contribution in [0.3, 0.4) is 0 Å². The Kier molecular flexibility index (Phi) is 5.11. The number of carbonyl (C=O) groups is 1. The zero-order chi connectivity index (χ0) is 17.8. The van der Waals surface area contributed by atoms with Crippen molar-refractivity contribution < 1.29 is 4.79 Å². The molecule has 2 aromatic heterocycles. The number of fused-ring (bicyclic) bond motifs is 1. The highest BCUT2D eigenvalue weighted by molar-refractivity contribution is 7.11. The Morgan fingerprint density at radius 2 is 2.15 bits per heavy atom. The number of benzene rings is 1.